The predicted octanol–water partition coefficient (Wildman–Crippen LogP) is 1.45. The Hall–Kier alpha value is -1.15. The van der Waals surface area contributed by atoms with Gasteiger partial charge < -0.3 is 10.1 Å². The van der Waals surface area contributed by atoms with Gasteiger partial charge in [0.15, 0.2) is 0 Å². The van der Waals surface area contributed by atoms with E-state index >= 15 is 0 Å². The third-order valence-electron chi connectivity index (χ3n) is 2.73. The molecule has 0 aliphatic carbocycles. The van der Waals surface area contributed by atoms with Crippen molar-refractivity contribution in [1.82, 2.24) is 5.32 Å². The van der Waals surface area contributed by atoms with Crippen molar-refractivity contribution in [2.75, 3.05) is 13.2 Å². The topological polar surface area (TPSA) is 98.5 Å². The van der Waals surface area contributed by atoms with Gasteiger partial charge in [0.25, 0.3) is 5.91 Å². The summed E-state index contributed by atoms with van der Waals surface area (Å²) in [6.07, 6.45) is 0.0730. The Balaban J connectivity index is 2.91. The predicted molar refractivity (Wildman–Crippen MR) is 81.0 cm³/mol. The quantitative estimate of drug-likeness (QED) is 0.769. The van der Waals surface area contributed by atoms with E-state index in [-0.39, 0.29) is 21.6 Å². The lowest BCUT2D eigenvalue weighted by atomic mass is 10.1. The first kappa shape index (κ1) is 17.9. The average molecular weight is 335 g/mol. The van der Waals surface area contributed by atoms with Gasteiger partial charge in [0.1, 0.15) is 0 Å². The van der Waals surface area contributed by atoms with Gasteiger partial charge in [-0.1, -0.05) is 11.6 Å². The summed E-state index contributed by atoms with van der Waals surface area (Å²) in [5.41, 5.74) is 0.669. The maximum atomic E-state index is 12.1. The highest BCUT2D eigenvalue weighted by molar-refractivity contribution is 7.89. The fraction of sp³-hybridized carbons (Fsp3) is 0.462. The molecule has 0 aliphatic heterocycles. The number of primary sulfonamides is 1. The molecule has 0 aliphatic rings. The lowest BCUT2D eigenvalue weighted by Crippen LogP contribution is -2.29. The second-order valence-corrected chi connectivity index (χ2v) is 6.77. The third-order valence-corrected chi connectivity index (χ3v) is 4.02. The lowest BCUT2D eigenvalue weighted by Gasteiger charge is -2.12. The molecule has 0 radical (unpaired) electrons. The Morgan fingerprint density at radius 2 is 2.05 bits per heavy atom. The van der Waals surface area contributed by atoms with E-state index in [4.69, 9.17) is 21.5 Å². The van der Waals surface area contributed by atoms with Crippen LogP contribution >= 0.6 is 11.6 Å². The summed E-state index contributed by atoms with van der Waals surface area (Å²) in [5, 5.41) is 7.88. The molecule has 1 aromatic rings. The van der Waals surface area contributed by atoms with Gasteiger partial charge in [-0.25, -0.2) is 13.6 Å². The van der Waals surface area contributed by atoms with Crippen LogP contribution in [0, 0.1) is 6.92 Å². The average Bonchev–Trinajstić information content (AvgIpc) is 2.35. The number of nitrogens with one attached hydrogen (secondary N) is 1. The zero-order chi connectivity index (χ0) is 16.2. The fourth-order valence-corrected chi connectivity index (χ4v) is 2.46. The Labute approximate surface area is 129 Å². The molecule has 0 fully saturated rings. The van der Waals surface area contributed by atoms with Crippen LogP contribution in [0.25, 0.3) is 0 Å². The number of sulfonamides is 1. The van der Waals surface area contributed by atoms with Gasteiger partial charge in [-0.05, 0) is 38.5 Å². The molecule has 8 heteroatoms. The minimum atomic E-state index is -3.92. The van der Waals surface area contributed by atoms with Crippen molar-refractivity contribution in [2.24, 2.45) is 5.14 Å². The van der Waals surface area contributed by atoms with E-state index < -0.39 is 15.9 Å². The monoisotopic (exact) mass is 334 g/mol. The van der Waals surface area contributed by atoms with Gasteiger partial charge >= 0.3 is 0 Å². The highest BCUT2D eigenvalue weighted by Gasteiger charge is 2.17. The van der Waals surface area contributed by atoms with E-state index in [9.17, 15) is 13.2 Å². The number of ether oxygens (including phenoxy) is 1. The molecule has 118 valence electrons. The van der Waals surface area contributed by atoms with E-state index in [1.165, 1.54) is 12.1 Å². The molecule has 0 atom stereocenters. The number of amides is 1. The summed E-state index contributed by atoms with van der Waals surface area (Å²) in [7, 11) is -3.92. The number of carbonyl (C=O) groups excluding carboxylic acids is 1. The molecular formula is C13H19ClN2O4S. The van der Waals surface area contributed by atoms with Crippen LogP contribution in [0.2, 0.25) is 5.02 Å². The number of halogens is 1. The van der Waals surface area contributed by atoms with Crippen LogP contribution in [0.15, 0.2) is 17.0 Å². The lowest BCUT2D eigenvalue weighted by molar-refractivity contribution is 0.0746. The number of hydrogen-bond acceptors (Lipinski definition) is 4. The Bertz CT molecular complexity index is 629. The molecule has 21 heavy (non-hydrogen) atoms. The van der Waals surface area contributed by atoms with Gasteiger partial charge in [-0.3, -0.25) is 4.79 Å². The minimum Gasteiger partial charge on any atom is -0.377 e. The summed E-state index contributed by atoms with van der Waals surface area (Å²) in [4.78, 5) is 11.9. The highest BCUT2D eigenvalue weighted by Crippen LogP contribution is 2.23. The molecule has 1 aromatic carbocycles. The maximum Gasteiger partial charge on any atom is 0.251 e. The molecular weight excluding hydrogens is 316 g/mol. The third kappa shape index (κ3) is 5.28. The van der Waals surface area contributed by atoms with Crippen molar-refractivity contribution in [3.8, 4) is 0 Å². The van der Waals surface area contributed by atoms with Crippen molar-refractivity contribution in [2.45, 2.75) is 31.8 Å². The van der Waals surface area contributed by atoms with Crippen LogP contribution in [0.3, 0.4) is 0 Å². The van der Waals surface area contributed by atoms with Gasteiger partial charge in [0.05, 0.1) is 17.6 Å². The normalized spacial score (nSPS) is 11.7. The smallest absolute Gasteiger partial charge is 0.251 e. The first-order valence-corrected chi connectivity index (χ1v) is 8.28. The Morgan fingerprint density at radius 3 is 2.57 bits per heavy atom. The molecule has 1 amide bonds. The van der Waals surface area contributed by atoms with Crippen molar-refractivity contribution in [1.29, 1.82) is 0 Å². The number of rotatable bonds is 6. The van der Waals surface area contributed by atoms with Crippen molar-refractivity contribution >= 4 is 27.5 Å². The van der Waals surface area contributed by atoms with Crippen LogP contribution in [-0.4, -0.2) is 33.6 Å². The minimum absolute atomic E-state index is 0.0730. The summed E-state index contributed by atoms with van der Waals surface area (Å²) < 4.78 is 28.1. The summed E-state index contributed by atoms with van der Waals surface area (Å²) in [6.45, 7) is 6.09. The maximum absolute atomic E-state index is 12.1. The highest BCUT2D eigenvalue weighted by atomic mass is 35.5. The number of hydrogen-bond donors (Lipinski definition) is 2. The van der Waals surface area contributed by atoms with Gasteiger partial charge in [0.2, 0.25) is 10.0 Å². The fourth-order valence-electron chi connectivity index (χ4n) is 1.61. The molecule has 0 heterocycles. The van der Waals surface area contributed by atoms with Crippen LogP contribution in [0.1, 0.15) is 29.8 Å². The molecule has 0 bridgehead atoms. The molecule has 0 saturated carbocycles. The standard InChI is InChI=1S/C13H19ClN2O4S/c1-8(2)20-5-4-16-13(17)11-6-10(21(15,18)19)7-12(14)9(11)3/h6-8H,4-5H2,1-3H3,(H,16,17)(H2,15,18,19). The van der Waals surface area contributed by atoms with Crippen LogP contribution in [0.5, 0.6) is 0 Å². The Morgan fingerprint density at radius 1 is 1.43 bits per heavy atom. The zero-order valence-electron chi connectivity index (χ0n) is 12.1. The van der Waals surface area contributed by atoms with E-state index in [0.29, 0.717) is 18.7 Å². The van der Waals surface area contributed by atoms with Gasteiger partial charge in [-0.15, -0.1) is 0 Å². The first-order valence-electron chi connectivity index (χ1n) is 6.35. The molecule has 3 N–H and O–H groups in total. The van der Waals surface area contributed by atoms with E-state index in [1.807, 2.05) is 13.8 Å². The molecule has 0 aromatic heterocycles. The van der Waals surface area contributed by atoms with Crippen molar-refractivity contribution < 1.29 is 17.9 Å². The number of nitrogens with two attached hydrogens (primary N) is 1. The van der Waals surface area contributed by atoms with E-state index in [1.54, 1.807) is 6.92 Å². The summed E-state index contributed by atoms with van der Waals surface area (Å²) in [5.74, 6) is -0.424. The molecule has 0 unspecified atom stereocenters. The molecule has 0 saturated heterocycles. The molecule has 6 nitrogen and oxygen atoms in total. The van der Waals surface area contributed by atoms with Crippen molar-refractivity contribution in [3.63, 3.8) is 0 Å². The second kappa shape index (κ2) is 7.22. The summed E-state index contributed by atoms with van der Waals surface area (Å²) >= 11 is 5.95. The van der Waals surface area contributed by atoms with Crippen LogP contribution < -0.4 is 10.5 Å². The number of carbonyl (C=O) groups is 1. The largest absolute Gasteiger partial charge is 0.377 e. The second-order valence-electron chi connectivity index (χ2n) is 4.80. The zero-order valence-corrected chi connectivity index (χ0v) is 13.7. The Kier molecular flexibility index (Phi) is 6.15. The summed E-state index contributed by atoms with van der Waals surface area (Å²) in [6, 6.07) is 2.44. The molecule has 0 spiro atoms. The van der Waals surface area contributed by atoms with Crippen LogP contribution in [0.4, 0.5) is 0 Å². The number of benzene rings is 1. The molecule has 1 rings (SSSR count). The van der Waals surface area contributed by atoms with Crippen molar-refractivity contribution in [3.05, 3.63) is 28.3 Å². The van der Waals surface area contributed by atoms with Crippen LogP contribution in [-0.2, 0) is 14.8 Å². The van der Waals surface area contributed by atoms with E-state index in [0.717, 1.165) is 0 Å². The SMILES string of the molecule is Cc1c(Cl)cc(S(N)(=O)=O)cc1C(=O)NCCOC(C)C. The first-order chi connectivity index (χ1) is 9.62. The van der Waals surface area contributed by atoms with Gasteiger partial charge in [0, 0.05) is 17.1 Å². The van der Waals surface area contributed by atoms with Gasteiger partial charge in [-0.2, -0.15) is 0 Å². The van der Waals surface area contributed by atoms with E-state index in [2.05, 4.69) is 5.32 Å².